The highest BCUT2D eigenvalue weighted by Crippen LogP contribution is 2.30. The molecular weight excluding hydrogens is 270 g/mol. The molecule has 21 heavy (non-hydrogen) atoms. The molecule has 1 N–H and O–H groups in total. The van der Waals surface area contributed by atoms with Gasteiger partial charge in [0.25, 0.3) is 5.91 Å². The van der Waals surface area contributed by atoms with E-state index in [1.807, 2.05) is 19.1 Å². The minimum absolute atomic E-state index is 0.0562. The Balaban J connectivity index is 2.38. The average Bonchev–Trinajstić information content (AvgIpc) is 2.50. The lowest BCUT2D eigenvalue weighted by atomic mass is 10.1. The Morgan fingerprint density at radius 1 is 1.19 bits per heavy atom. The van der Waals surface area contributed by atoms with Crippen LogP contribution >= 0.6 is 0 Å². The molecule has 0 aliphatic carbocycles. The highest BCUT2D eigenvalue weighted by molar-refractivity contribution is 6.00. The van der Waals surface area contributed by atoms with Crippen molar-refractivity contribution in [3.8, 4) is 5.75 Å². The van der Waals surface area contributed by atoms with Crippen LogP contribution in [0.3, 0.4) is 0 Å². The van der Waals surface area contributed by atoms with Crippen LogP contribution < -0.4 is 4.74 Å². The standard InChI is InChI=1S/C16H17NO4/c1-3-17(2)14(18)10-21-15-12-7-5-4-6-11(12)8-9-13(15)16(19)20/h4-9H,3,10H2,1-2H3,(H,19,20). The van der Waals surface area contributed by atoms with Gasteiger partial charge in [0, 0.05) is 19.0 Å². The Kier molecular flexibility index (Phi) is 4.42. The first-order valence-electron chi connectivity index (χ1n) is 6.66. The average molecular weight is 287 g/mol. The second kappa shape index (κ2) is 6.26. The van der Waals surface area contributed by atoms with Crippen molar-refractivity contribution in [2.24, 2.45) is 0 Å². The van der Waals surface area contributed by atoms with Crippen LogP contribution in [0.2, 0.25) is 0 Å². The van der Waals surface area contributed by atoms with Crippen LogP contribution in [0.1, 0.15) is 17.3 Å². The molecule has 1 amide bonds. The molecule has 0 aromatic heterocycles. The molecule has 5 heteroatoms. The van der Waals surface area contributed by atoms with Gasteiger partial charge in [-0.1, -0.05) is 30.3 Å². The third-order valence-corrected chi connectivity index (χ3v) is 3.35. The third-order valence-electron chi connectivity index (χ3n) is 3.35. The Labute approximate surface area is 122 Å². The molecule has 0 saturated heterocycles. The fourth-order valence-corrected chi connectivity index (χ4v) is 1.99. The van der Waals surface area contributed by atoms with E-state index >= 15 is 0 Å². The molecule has 0 bridgehead atoms. The maximum absolute atomic E-state index is 11.8. The van der Waals surface area contributed by atoms with Crippen molar-refractivity contribution in [3.63, 3.8) is 0 Å². The van der Waals surface area contributed by atoms with Gasteiger partial charge in [0.05, 0.1) is 0 Å². The van der Waals surface area contributed by atoms with Gasteiger partial charge in [-0.05, 0) is 18.4 Å². The van der Waals surface area contributed by atoms with E-state index in [-0.39, 0.29) is 23.8 Å². The van der Waals surface area contributed by atoms with E-state index in [9.17, 15) is 14.7 Å². The molecule has 0 aliphatic rings. The first-order chi connectivity index (χ1) is 10.0. The number of carbonyl (C=O) groups is 2. The van der Waals surface area contributed by atoms with Crippen molar-refractivity contribution >= 4 is 22.6 Å². The second-order valence-corrected chi connectivity index (χ2v) is 4.67. The number of hydrogen-bond donors (Lipinski definition) is 1. The van der Waals surface area contributed by atoms with Gasteiger partial charge in [0.2, 0.25) is 0 Å². The van der Waals surface area contributed by atoms with Crippen molar-refractivity contribution in [1.29, 1.82) is 0 Å². The molecule has 0 aliphatic heterocycles. The zero-order valence-corrected chi connectivity index (χ0v) is 12.0. The minimum atomic E-state index is -1.08. The summed E-state index contributed by atoms with van der Waals surface area (Å²) in [5.74, 6) is -1.03. The zero-order valence-electron chi connectivity index (χ0n) is 12.0. The number of aromatic carboxylic acids is 1. The van der Waals surface area contributed by atoms with Crippen LogP contribution in [0, 0.1) is 0 Å². The van der Waals surface area contributed by atoms with Crippen LogP contribution in [0.15, 0.2) is 36.4 Å². The van der Waals surface area contributed by atoms with Crippen LogP contribution in [0.4, 0.5) is 0 Å². The number of nitrogens with zero attached hydrogens (tertiary/aromatic N) is 1. The summed E-state index contributed by atoms with van der Waals surface area (Å²) in [5.41, 5.74) is 0.0562. The monoisotopic (exact) mass is 287 g/mol. The number of benzene rings is 2. The Bertz CT molecular complexity index is 681. The Morgan fingerprint density at radius 2 is 1.90 bits per heavy atom. The lowest BCUT2D eigenvalue weighted by Gasteiger charge is -2.16. The lowest BCUT2D eigenvalue weighted by molar-refractivity contribution is -0.131. The Morgan fingerprint density at radius 3 is 2.57 bits per heavy atom. The summed E-state index contributed by atoms with van der Waals surface area (Å²) in [6, 6.07) is 10.5. The van der Waals surface area contributed by atoms with Gasteiger partial charge in [0.1, 0.15) is 11.3 Å². The number of fused-ring (bicyclic) bond motifs is 1. The van der Waals surface area contributed by atoms with Crippen LogP contribution in [-0.4, -0.2) is 42.1 Å². The number of amides is 1. The predicted molar refractivity (Wildman–Crippen MR) is 79.7 cm³/mol. The van der Waals surface area contributed by atoms with Crippen LogP contribution in [-0.2, 0) is 4.79 Å². The summed E-state index contributed by atoms with van der Waals surface area (Å²) in [6.07, 6.45) is 0. The van der Waals surface area contributed by atoms with Crippen LogP contribution in [0.5, 0.6) is 5.75 Å². The number of carboxylic acid groups (broad SMARTS) is 1. The highest BCUT2D eigenvalue weighted by Gasteiger charge is 2.16. The molecule has 0 saturated carbocycles. The van der Waals surface area contributed by atoms with Crippen molar-refractivity contribution in [2.45, 2.75) is 6.92 Å². The normalized spacial score (nSPS) is 10.4. The van der Waals surface area contributed by atoms with Crippen molar-refractivity contribution in [2.75, 3.05) is 20.2 Å². The quantitative estimate of drug-likeness (QED) is 0.917. The SMILES string of the molecule is CCN(C)C(=O)COc1c(C(=O)O)ccc2ccccc12. The second-order valence-electron chi connectivity index (χ2n) is 4.67. The van der Waals surface area contributed by atoms with Crippen LogP contribution in [0.25, 0.3) is 10.8 Å². The molecule has 0 fully saturated rings. The number of carboxylic acids is 1. The van der Waals surface area contributed by atoms with Gasteiger partial charge in [-0.15, -0.1) is 0 Å². The summed E-state index contributed by atoms with van der Waals surface area (Å²) >= 11 is 0. The van der Waals surface area contributed by atoms with Gasteiger partial charge < -0.3 is 14.7 Å². The molecule has 5 nitrogen and oxygen atoms in total. The van der Waals surface area contributed by atoms with E-state index in [2.05, 4.69) is 0 Å². The van der Waals surface area contributed by atoms with E-state index in [0.29, 0.717) is 11.9 Å². The number of hydrogen-bond acceptors (Lipinski definition) is 3. The fourth-order valence-electron chi connectivity index (χ4n) is 1.99. The van der Waals surface area contributed by atoms with E-state index in [1.165, 1.54) is 11.0 Å². The lowest BCUT2D eigenvalue weighted by Crippen LogP contribution is -2.31. The first kappa shape index (κ1) is 14.8. The fraction of sp³-hybridized carbons (Fsp3) is 0.250. The van der Waals surface area contributed by atoms with E-state index < -0.39 is 5.97 Å². The van der Waals surface area contributed by atoms with Gasteiger partial charge in [-0.25, -0.2) is 4.79 Å². The number of rotatable bonds is 5. The van der Waals surface area contributed by atoms with Gasteiger partial charge in [-0.2, -0.15) is 0 Å². The van der Waals surface area contributed by atoms with Gasteiger partial charge in [0.15, 0.2) is 6.61 Å². The number of likely N-dealkylation sites (N-methyl/N-ethyl adjacent to an activating group) is 1. The molecule has 0 radical (unpaired) electrons. The van der Waals surface area contributed by atoms with E-state index in [0.717, 1.165) is 5.39 Å². The molecule has 0 spiro atoms. The Hall–Kier alpha value is -2.56. The molecule has 2 aromatic carbocycles. The summed E-state index contributed by atoms with van der Waals surface area (Å²) in [4.78, 5) is 24.7. The zero-order chi connectivity index (χ0) is 15.4. The van der Waals surface area contributed by atoms with E-state index in [4.69, 9.17) is 4.74 Å². The first-order valence-corrected chi connectivity index (χ1v) is 6.66. The predicted octanol–water partition coefficient (Wildman–Crippen LogP) is 2.40. The molecule has 0 unspecified atom stereocenters. The summed E-state index contributed by atoms with van der Waals surface area (Å²) in [6.45, 7) is 2.25. The summed E-state index contributed by atoms with van der Waals surface area (Å²) in [5, 5.41) is 10.8. The maximum Gasteiger partial charge on any atom is 0.339 e. The molecule has 2 aromatic rings. The van der Waals surface area contributed by atoms with Gasteiger partial charge in [-0.3, -0.25) is 4.79 Å². The number of carbonyl (C=O) groups excluding carboxylic acids is 1. The van der Waals surface area contributed by atoms with E-state index in [1.54, 1.807) is 25.2 Å². The van der Waals surface area contributed by atoms with Gasteiger partial charge >= 0.3 is 5.97 Å². The highest BCUT2D eigenvalue weighted by atomic mass is 16.5. The summed E-state index contributed by atoms with van der Waals surface area (Å²) < 4.78 is 5.52. The van der Waals surface area contributed by atoms with Crippen molar-refractivity contribution < 1.29 is 19.4 Å². The molecule has 2 rings (SSSR count). The minimum Gasteiger partial charge on any atom is -0.482 e. The topological polar surface area (TPSA) is 66.8 Å². The largest absolute Gasteiger partial charge is 0.482 e. The third kappa shape index (κ3) is 3.13. The molecule has 0 heterocycles. The molecule has 0 atom stereocenters. The van der Waals surface area contributed by atoms with Crippen molar-refractivity contribution in [1.82, 2.24) is 4.90 Å². The summed E-state index contributed by atoms with van der Waals surface area (Å²) in [7, 11) is 1.67. The molecule has 110 valence electrons. The van der Waals surface area contributed by atoms with Crippen molar-refractivity contribution in [3.05, 3.63) is 42.0 Å². The maximum atomic E-state index is 11.8. The smallest absolute Gasteiger partial charge is 0.339 e. The number of ether oxygens (including phenoxy) is 1. The molecular formula is C16H17NO4.